The minimum absolute atomic E-state index is 0.0134. The Morgan fingerprint density at radius 2 is 1.83 bits per heavy atom. The van der Waals surface area contributed by atoms with Gasteiger partial charge < -0.3 is 4.74 Å². The number of esters is 1. The molecule has 2 rings (SSSR count). The van der Waals surface area contributed by atoms with Gasteiger partial charge in [0.1, 0.15) is 6.04 Å². The van der Waals surface area contributed by atoms with E-state index in [2.05, 4.69) is 18.7 Å². The Hall–Kier alpha value is -0.570. The molecule has 1 saturated carbocycles. The molecule has 2 atom stereocenters. The van der Waals surface area contributed by atoms with Crippen molar-refractivity contribution < 1.29 is 9.53 Å². The van der Waals surface area contributed by atoms with E-state index in [4.69, 9.17) is 4.74 Å². The maximum atomic E-state index is 12.0. The van der Waals surface area contributed by atoms with Gasteiger partial charge in [-0.15, -0.1) is 0 Å². The van der Waals surface area contributed by atoms with Gasteiger partial charge in [0.05, 0.1) is 7.11 Å². The third-order valence-corrected chi connectivity index (χ3v) is 4.65. The molecule has 2 fully saturated rings. The highest BCUT2D eigenvalue weighted by Crippen LogP contribution is 2.37. The zero-order valence-corrected chi connectivity index (χ0v) is 12.0. The van der Waals surface area contributed by atoms with Gasteiger partial charge in [-0.05, 0) is 62.9 Å². The lowest BCUT2D eigenvalue weighted by atomic mass is 9.89. The van der Waals surface area contributed by atoms with Crippen molar-refractivity contribution in [2.45, 2.75) is 52.0 Å². The summed E-state index contributed by atoms with van der Waals surface area (Å²) in [7, 11) is 1.52. The zero-order valence-electron chi connectivity index (χ0n) is 12.0. The Labute approximate surface area is 111 Å². The highest BCUT2D eigenvalue weighted by atomic mass is 16.5. The quantitative estimate of drug-likeness (QED) is 0.721. The third-order valence-electron chi connectivity index (χ3n) is 4.65. The van der Waals surface area contributed by atoms with Crippen LogP contribution < -0.4 is 0 Å². The van der Waals surface area contributed by atoms with Crippen LogP contribution in [0.15, 0.2) is 0 Å². The Balaban J connectivity index is 1.96. The molecular weight excluding hydrogens is 226 g/mol. The zero-order chi connectivity index (χ0) is 13.1. The van der Waals surface area contributed by atoms with Crippen LogP contribution in [0, 0.1) is 17.8 Å². The topological polar surface area (TPSA) is 29.5 Å². The Morgan fingerprint density at radius 1 is 1.11 bits per heavy atom. The van der Waals surface area contributed by atoms with Crippen LogP contribution in [0.4, 0.5) is 0 Å². The van der Waals surface area contributed by atoms with E-state index in [1.54, 1.807) is 0 Å². The number of carbonyl (C=O) groups is 1. The van der Waals surface area contributed by atoms with Gasteiger partial charge in [-0.3, -0.25) is 9.69 Å². The molecule has 0 N–H and O–H groups in total. The highest BCUT2D eigenvalue weighted by molar-refractivity contribution is 5.76. The van der Waals surface area contributed by atoms with Crippen molar-refractivity contribution in [2.75, 3.05) is 20.2 Å². The summed E-state index contributed by atoms with van der Waals surface area (Å²) in [6, 6.07) is 0.0425. The number of nitrogens with zero attached hydrogens (tertiary/aromatic N) is 1. The second-order valence-electron chi connectivity index (χ2n) is 6.28. The number of methoxy groups -OCH3 is 1. The molecule has 0 aromatic rings. The lowest BCUT2D eigenvalue weighted by Gasteiger charge is -2.28. The van der Waals surface area contributed by atoms with Gasteiger partial charge in [0.15, 0.2) is 0 Å². The standard InChI is InChI=1S/C15H27NO2/c1-11(2)12-5-4-9-16(10-8-12)14(13-6-7-13)15(17)18-3/h11-14H,4-10H2,1-3H3. The molecule has 2 aliphatic rings. The van der Waals surface area contributed by atoms with Crippen molar-refractivity contribution in [2.24, 2.45) is 17.8 Å². The fraction of sp³-hybridized carbons (Fsp3) is 0.933. The van der Waals surface area contributed by atoms with Crippen molar-refractivity contribution in [1.82, 2.24) is 4.90 Å². The molecule has 0 aromatic carbocycles. The van der Waals surface area contributed by atoms with Crippen molar-refractivity contribution in [3.8, 4) is 0 Å². The smallest absolute Gasteiger partial charge is 0.323 e. The van der Waals surface area contributed by atoms with E-state index in [-0.39, 0.29) is 12.0 Å². The second-order valence-corrected chi connectivity index (χ2v) is 6.28. The molecule has 18 heavy (non-hydrogen) atoms. The van der Waals surface area contributed by atoms with Crippen LogP contribution in [0.1, 0.15) is 46.0 Å². The van der Waals surface area contributed by atoms with E-state index in [0.29, 0.717) is 5.92 Å². The first-order valence-electron chi connectivity index (χ1n) is 7.45. The number of hydrogen-bond acceptors (Lipinski definition) is 3. The molecule has 1 aliphatic carbocycles. The molecule has 0 aromatic heterocycles. The molecule has 1 saturated heterocycles. The van der Waals surface area contributed by atoms with Crippen LogP contribution >= 0.6 is 0 Å². The van der Waals surface area contributed by atoms with E-state index in [1.165, 1.54) is 39.2 Å². The lowest BCUT2D eigenvalue weighted by molar-refractivity contribution is -0.147. The van der Waals surface area contributed by atoms with E-state index in [9.17, 15) is 4.79 Å². The number of hydrogen-bond donors (Lipinski definition) is 0. The molecule has 3 heteroatoms. The van der Waals surface area contributed by atoms with Gasteiger partial charge in [-0.1, -0.05) is 13.8 Å². The molecule has 3 nitrogen and oxygen atoms in total. The highest BCUT2D eigenvalue weighted by Gasteiger charge is 2.41. The van der Waals surface area contributed by atoms with Crippen LogP contribution in [0.5, 0.6) is 0 Å². The Kier molecular flexibility index (Phi) is 4.66. The summed E-state index contributed by atoms with van der Waals surface area (Å²) >= 11 is 0. The molecule has 1 aliphatic heterocycles. The Morgan fingerprint density at radius 3 is 2.39 bits per heavy atom. The Bertz CT molecular complexity index is 286. The summed E-state index contributed by atoms with van der Waals surface area (Å²) in [5, 5.41) is 0. The number of ether oxygens (including phenoxy) is 1. The maximum Gasteiger partial charge on any atom is 0.323 e. The summed E-state index contributed by atoms with van der Waals surface area (Å²) < 4.78 is 5.00. The number of rotatable bonds is 4. The summed E-state index contributed by atoms with van der Waals surface area (Å²) in [4.78, 5) is 14.4. The normalized spacial score (nSPS) is 27.9. The molecule has 0 spiro atoms. The average Bonchev–Trinajstić information content (AvgIpc) is 3.15. The minimum atomic E-state index is -0.0134. The van der Waals surface area contributed by atoms with Gasteiger partial charge in [-0.25, -0.2) is 0 Å². The monoisotopic (exact) mass is 253 g/mol. The lowest BCUT2D eigenvalue weighted by Crippen LogP contribution is -2.44. The van der Waals surface area contributed by atoms with Crippen molar-refractivity contribution in [3.05, 3.63) is 0 Å². The van der Waals surface area contributed by atoms with Crippen LogP contribution in [-0.4, -0.2) is 37.1 Å². The average molecular weight is 253 g/mol. The van der Waals surface area contributed by atoms with Crippen LogP contribution in [-0.2, 0) is 9.53 Å². The van der Waals surface area contributed by atoms with Gasteiger partial charge in [-0.2, -0.15) is 0 Å². The van der Waals surface area contributed by atoms with Crippen molar-refractivity contribution in [3.63, 3.8) is 0 Å². The molecule has 0 amide bonds. The fourth-order valence-corrected chi connectivity index (χ4v) is 3.26. The van der Waals surface area contributed by atoms with Crippen LogP contribution in [0.3, 0.4) is 0 Å². The molecule has 104 valence electrons. The number of likely N-dealkylation sites (tertiary alicyclic amines) is 1. The first kappa shape index (κ1) is 13.9. The SMILES string of the molecule is COC(=O)C(C1CC1)N1CCCC(C(C)C)CC1. The van der Waals surface area contributed by atoms with Crippen LogP contribution in [0.2, 0.25) is 0 Å². The van der Waals surface area contributed by atoms with Crippen LogP contribution in [0.25, 0.3) is 0 Å². The minimum Gasteiger partial charge on any atom is -0.468 e. The molecule has 2 unspecified atom stereocenters. The largest absolute Gasteiger partial charge is 0.468 e. The summed E-state index contributed by atoms with van der Waals surface area (Å²) in [6.07, 6.45) is 6.17. The van der Waals surface area contributed by atoms with Crippen molar-refractivity contribution in [1.29, 1.82) is 0 Å². The van der Waals surface area contributed by atoms with E-state index >= 15 is 0 Å². The third kappa shape index (κ3) is 3.25. The van der Waals surface area contributed by atoms with Gasteiger partial charge in [0.25, 0.3) is 0 Å². The predicted octanol–water partition coefficient (Wildman–Crippen LogP) is 2.70. The van der Waals surface area contributed by atoms with Gasteiger partial charge in [0, 0.05) is 0 Å². The molecule has 1 heterocycles. The second kappa shape index (κ2) is 6.05. The first-order valence-corrected chi connectivity index (χ1v) is 7.45. The van der Waals surface area contributed by atoms with E-state index < -0.39 is 0 Å². The summed E-state index contributed by atoms with van der Waals surface area (Å²) in [6.45, 7) is 6.77. The fourth-order valence-electron chi connectivity index (χ4n) is 3.26. The molecular formula is C15H27NO2. The number of carbonyl (C=O) groups excluding carboxylic acids is 1. The molecule has 0 bridgehead atoms. The molecule has 0 radical (unpaired) electrons. The maximum absolute atomic E-state index is 12.0. The van der Waals surface area contributed by atoms with E-state index in [0.717, 1.165) is 24.9 Å². The van der Waals surface area contributed by atoms with Crippen molar-refractivity contribution >= 4 is 5.97 Å². The first-order chi connectivity index (χ1) is 8.63. The van der Waals surface area contributed by atoms with E-state index in [1.807, 2.05) is 0 Å². The van der Waals surface area contributed by atoms with Gasteiger partial charge >= 0.3 is 5.97 Å². The van der Waals surface area contributed by atoms with Gasteiger partial charge in [0.2, 0.25) is 0 Å². The summed E-state index contributed by atoms with van der Waals surface area (Å²) in [5.41, 5.74) is 0. The summed E-state index contributed by atoms with van der Waals surface area (Å²) in [5.74, 6) is 2.14. The predicted molar refractivity (Wildman–Crippen MR) is 72.3 cm³/mol.